The van der Waals surface area contributed by atoms with Crippen LogP contribution in [0.25, 0.3) is 10.9 Å². The molecule has 4 amide bonds. The summed E-state index contributed by atoms with van der Waals surface area (Å²) in [4.78, 5) is 66.3. The van der Waals surface area contributed by atoms with Gasteiger partial charge in [-0.3, -0.25) is 19.2 Å². The van der Waals surface area contributed by atoms with Gasteiger partial charge in [-0.15, -0.1) is 0 Å². The first-order valence-electron chi connectivity index (χ1n) is 14.3. The van der Waals surface area contributed by atoms with Gasteiger partial charge in [-0.1, -0.05) is 44.2 Å². The van der Waals surface area contributed by atoms with E-state index in [1.807, 2.05) is 38.1 Å². The monoisotopic (exact) mass is 608 g/mol. The number of aromatic hydroxyl groups is 1. The number of nitrogens with one attached hydrogen (secondary N) is 4. The average Bonchev–Trinajstić information content (AvgIpc) is 3.37. The molecule has 4 atom stereocenters. The lowest BCUT2D eigenvalue weighted by atomic mass is 9.99. The number of carbonyl (C=O) groups is 5. The van der Waals surface area contributed by atoms with E-state index >= 15 is 0 Å². The minimum absolute atomic E-state index is 0.00641. The summed E-state index contributed by atoms with van der Waals surface area (Å²) in [5.41, 5.74) is 13.5. The van der Waals surface area contributed by atoms with Gasteiger partial charge in [0.25, 0.3) is 0 Å². The summed E-state index contributed by atoms with van der Waals surface area (Å²) >= 11 is 0. The van der Waals surface area contributed by atoms with Gasteiger partial charge in [-0.05, 0) is 54.5 Å². The highest BCUT2D eigenvalue weighted by atomic mass is 16.4. The van der Waals surface area contributed by atoms with E-state index in [1.165, 1.54) is 12.1 Å². The minimum Gasteiger partial charge on any atom is -0.508 e. The van der Waals surface area contributed by atoms with Gasteiger partial charge >= 0.3 is 5.97 Å². The first-order valence-corrected chi connectivity index (χ1v) is 14.3. The smallest absolute Gasteiger partial charge is 0.326 e. The fourth-order valence-corrected chi connectivity index (χ4v) is 4.78. The molecular formula is C31H40N6O7. The Morgan fingerprint density at radius 3 is 2.09 bits per heavy atom. The third kappa shape index (κ3) is 9.83. The molecule has 1 aromatic heterocycles. The summed E-state index contributed by atoms with van der Waals surface area (Å²) in [6, 6.07) is 8.94. The van der Waals surface area contributed by atoms with Crippen LogP contribution in [0.3, 0.4) is 0 Å². The van der Waals surface area contributed by atoms with Crippen LogP contribution >= 0.6 is 0 Å². The van der Waals surface area contributed by atoms with Crippen LogP contribution in [0.15, 0.2) is 54.7 Å². The van der Waals surface area contributed by atoms with Gasteiger partial charge in [0.05, 0.1) is 6.04 Å². The Morgan fingerprint density at radius 1 is 0.841 bits per heavy atom. The molecule has 0 bridgehead atoms. The Kier molecular flexibility index (Phi) is 11.9. The topological polar surface area (TPSA) is 230 Å². The number of phenolic OH excluding ortho intramolecular Hbond substituents is 1. The number of phenols is 1. The van der Waals surface area contributed by atoms with Gasteiger partial charge in [-0.25, -0.2) is 4.79 Å². The molecule has 13 heteroatoms. The number of carbonyl (C=O) groups excluding carboxylic acids is 4. The van der Waals surface area contributed by atoms with E-state index < -0.39 is 53.8 Å². The lowest BCUT2D eigenvalue weighted by Crippen LogP contribution is -2.58. The summed E-state index contributed by atoms with van der Waals surface area (Å²) in [6.07, 6.45) is 1.62. The fourth-order valence-electron chi connectivity index (χ4n) is 4.78. The highest BCUT2D eigenvalue weighted by Crippen LogP contribution is 2.20. The van der Waals surface area contributed by atoms with E-state index in [9.17, 15) is 34.2 Å². The number of aromatic nitrogens is 1. The Bertz CT molecular complexity index is 1470. The standard InChI is InChI=1S/C31H40N6O7/c1-17(2)13-25(36-28(40)22(32)14-18-7-9-20(38)10-8-18)29(41)37-26(15-19-16-34-23-6-4-3-5-21(19)23)30(42)35-24(31(43)44)11-12-27(33)39/h3-10,16-17,22,24-26,34,38H,11-15,32H2,1-2H3,(H2,33,39)(H,35,42)(H,36,40)(H,37,41)(H,43,44). The zero-order chi connectivity index (χ0) is 32.4. The Labute approximate surface area is 254 Å². The molecule has 4 unspecified atom stereocenters. The van der Waals surface area contributed by atoms with Crippen LogP contribution < -0.4 is 27.4 Å². The normalized spacial score (nSPS) is 13.9. The molecule has 0 saturated carbocycles. The predicted molar refractivity (Wildman–Crippen MR) is 163 cm³/mol. The molecule has 13 nitrogen and oxygen atoms in total. The SMILES string of the molecule is CC(C)CC(NC(=O)C(N)Cc1ccc(O)cc1)C(=O)NC(Cc1c[nH]c2ccccc12)C(=O)NC(CCC(N)=O)C(=O)O. The lowest BCUT2D eigenvalue weighted by Gasteiger charge is -2.26. The molecule has 236 valence electrons. The van der Waals surface area contributed by atoms with E-state index in [-0.39, 0.29) is 43.8 Å². The molecule has 2 aromatic carbocycles. The number of para-hydroxylation sites is 1. The number of aliphatic carboxylic acids is 1. The molecule has 10 N–H and O–H groups in total. The number of carboxylic acids is 1. The van der Waals surface area contributed by atoms with Crippen LogP contribution in [0.4, 0.5) is 0 Å². The van der Waals surface area contributed by atoms with E-state index in [1.54, 1.807) is 18.3 Å². The number of amides is 4. The highest BCUT2D eigenvalue weighted by molar-refractivity contribution is 5.95. The van der Waals surface area contributed by atoms with Crippen LogP contribution in [0.1, 0.15) is 44.2 Å². The van der Waals surface area contributed by atoms with Crippen molar-refractivity contribution in [2.24, 2.45) is 17.4 Å². The van der Waals surface area contributed by atoms with E-state index in [4.69, 9.17) is 11.5 Å². The van der Waals surface area contributed by atoms with Crippen molar-refractivity contribution in [2.45, 2.75) is 70.1 Å². The average molecular weight is 609 g/mol. The van der Waals surface area contributed by atoms with Gasteiger partial charge in [0.1, 0.15) is 23.9 Å². The first kappa shape index (κ1) is 33.6. The number of fused-ring (bicyclic) bond motifs is 1. The number of aromatic amines is 1. The van der Waals surface area contributed by atoms with Crippen LogP contribution in [0.2, 0.25) is 0 Å². The Balaban J connectivity index is 1.81. The minimum atomic E-state index is -1.42. The van der Waals surface area contributed by atoms with Gasteiger partial charge in [0.2, 0.25) is 23.6 Å². The molecule has 0 spiro atoms. The maximum Gasteiger partial charge on any atom is 0.326 e. The Morgan fingerprint density at radius 2 is 1.45 bits per heavy atom. The molecule has 0 saturated heterocycles. The summed E-state index contributed by atoms with van der Waals surface area (Å²) in [7, 11) is 0. The first-order chi connectivity index (χ1) is 20.8. The predicted octanol–water partition coefficient (Wildman–Crippen LogP) is 0.837. The van der Waals surface area contributed by atoms with E-state index in [2.05, 4.69) is 20.9 Å². The zero-order valence-electron chi connectivity index (χ0n) is 24.7. The van der Waals surface area contributed by atoms with Gasteiger partial charge in [0.15, 0.2) is 0 Å². The van der Waals surface area contributed by atoms with Crippen molar-refractivity contribution in [3.8, 4) is 5.75 Å². The molecule has 3 aromatic rings. The fraction of sp³-hybridized carbons (Fsp3) is 0.387. The zero-order valence-corrected chi connectivity index (χ0v) is 24.7. The number of carboxylic acid groups (broad SMARTS) is 1. The van der Waals surface area contributed by atoms with Crippen LogP contribution in [-0.2, 0) is 36.8 Å². The second kappa shape index (κ2) is 15.5. The van der Waals surface area contributed by atoms with Gasteiger partial charge in [0, 0.05) is 29.9 Å². The molecule has 44 heavy (non-hydrogen) atoms. The Hall–Kier alpha value is -4.91. The summed E-state index contributed by atoms with van der Waals surface area (Å²) in [6.45, 7) is 3.74. The highest BCUT2D eigenvalue weighted by Gasteiger charge is 2.31. The second-order valence-corrected chi connectivity index (χ2v) is 11.2. The molecule has 3 rings (SSSR count). The van der Waals surface area contributed by atoms with Crippen molar-refractivity contribution in [3.63, 3.8) is 0 Å². The van der Waals surface area contributed by atoms with Gasteiger partial charge < -0.3 is 42.6 Å². The maximum atomic E-state index is 13.6. The largest absolute Gasteiger partial charge is 0.508 e. The third-order valence-electron chi connectivity index (χ3n) is 7.09. The van der Waals surface area contributed by atoms with Crippen LogP contribution in [0.5, 0.6) is 5.75 Å². The maximum absolute atomic E-state index is 13.6. The lowest BCUT2D eigenvalue weighted by molar-refractivity contribution is -0.142. The number of hydrogen-bond acceptors (Lipinski definition) is 7. The number of H-pyrrole nitrogens is 1. The quantitative estimate of drug-likeness (QED) is 0.116. The number of benzene rings is 2. The molecular weight excluding hydrogens is 568 g/mol. The third-order valence-corrected chi connectivity index (χ3v) is 7.09. The summed E-state index contributed by atoms with van der Waals surface area (Å²) in [5.74, 6) is -4.02. The number of rotatable bonds is 16. The van der Waals surface area contributed by atoms with Crippen molar-refractivity contribution in [1.29, 1.82) is 0 Å². The van der Waals surface area contributed by atoms with Crippen LogP contribution in [0, 0.1) is 5.92 Å². The van der Waals surface area contributed by atoms with Crippen molar-refractivity contribution in [1.82, 2.24) is 20.9 Å². The molecule has 0 aliphatic rings. The van der Waals surface area contributed by atoms with Gasteiger partial charge in [-0.2, -0.15) is 0 Å². The molecule has 0 aliphatic carbocycles. The van der Waals surface area contributed by atoms with Crippen molar-refractivity contribution in [2.75, 3.05) is 0 Å². The van der Waals surface area contributed by atoms with E-state index in [0.29, 0.717) is 5.56 Å². The molecule has 0 radical (unpaired) electrons. The van der Waals surface area contributed by atoms with E-state index in [0.717, 1.165) is 16.5 Å². The number of primary amides is 1. The summed E-state index contributed by atoms with van der Waals surface area (Å²) in [5, 5.41) is 27.7. The van der Waals surface area contributed by atoms with Crippen LogP contribution in [-0.4, -0.2) is 69.0 Å². The van der Waals surface area contributed by atoms with Crippen molar-refractivity contribution in [3.05, 3.63) is 65.9 Å². The number of nitrogens with two attached hydrogens (primary N) is 2. The van der Waals surface area contributed by atoms with Crippen molar-refractivity contribution < 1.29 is 34.2 Å². The summed E-state index contributed by atoms with van der Waals surface area (Å²) < 4.78 is 0. The molecule has 0 fully saturated rings. The number of hydrogen-bond donors (Lipinski definition) is 8. The molecule has 0 aliphatic heterocycles. The second-order valence-electron chi connectivity index (χ2n) is 11.2. The van der Waals surface area contributed by atoms with Crippen molar-refractivity contribution >= 4 is 40.5 Å². The molecule has 1 heterocycles.